The van der Waals surface area contributed by atoms with E-state index in [-0.39, 0.29) is 11.6 Å². The average Bonchev–Trinajstić information content (AvgIpc) is 2.91. The molecule has 2 aromatic heterocycles. The molecule has 0 atom stereocenters. The number of nitrogens with zero attached hydrogens (tertiary/aromatic N) is 4. The van der Waals surface area contributed by atoms with Crippen LogP contribution in [0.25, 0.3) is 16.9 Å². The highest BCUT2D eigenvalue weighted by molar-refractivity contribution is 6.30. The van der Waals surface area contributed by atoms with Crippen molar-refractivity contribution in [2.45, 2.75) is 19.8 Å². The summed E-state index contributed by atoms with van der Waals surface area (Å²) < 4.78 is 17.3. The van der Waals surface area contributed by atoms with Crippen molar-refractivity contribution in [3.63, 3.8) is 0 Å². The Balaban J connectivity index is 2.32. The molecule has 0 aliphatic rings. The van der Waals surface area contributed by atoms with Gasteiger partial charge in [-0.2, -0.15) is 5.10 Å². The summed E-state index contributed by atoms with van der Waals surface area (Å²) in [5.74, 6) is -0.194. The van der Waals surface area contributed by atoms with E-state index in [0.717, 1.165) is 18.5 Å². The van der Waals surface area contributed by atoms with Crippen LogP contribution in [0.4, 0.5) is 10.3 Å². The van der Waals surface area contributed by atoms with Gasteiger partial charge in [0.25, 0.3) is 0 Å². The van der Waals surface area contributed by atoms with Crippen LogP contribution in [-0.4, -0.2) is 19.3 Å². The molecule has 0 fully saturated rings. The monoisotopic (exact) mass is 307 g/mol. The molecule has 0 saturated heterocycles. The molecule has 0 amide bonds. The van der Waals surface area contributed by atoms with Crippen LogP contribution in [0.1, 0.15) is 19.0 Å². The highest BCUT2D eigenvalue weighted by atomic mass is 35.5. The number of rotatable bonds is 3. The molecule has 0 radical (unpaired) electrons. The summed E-state index contributed by atoms with van der Waals surface area (Å²) in [5, 5.41) is 4.88. The van der Waals surface area contributed by atoms with Crippen molar-refractivity contribution in [1.82, 2.24) is 19.3 Å². The van der Waals surface area contributed by atoms with Crippen LogP contribution in [0.5, 0.6) is 0 Å². The zero-order chi connectivity index (χ0) is 15.1. The summed E-state index contributed by atoms with van der Waals surface area (Å²) in [4.78, 5) is 4.35. The van der Waals surface area contributed by atoms with Crippen LogP contribution in [0.2, 0.25) is 5.02 Å². The van der Waals surface area contributed by atoms with Gasteiger partial charge in [-0.25, -0.2) is 14.1 Å². The van der Waals surface area contributed by atoms with E-state index < -0.39 is 5.82 Å². The Kier molecular flexibility index (Phi) is 3.33. The molecular formula is C14H15ClFN5. The second-order valence-electron chi connectivity index (χ2n) is 4.89. The maximum Gasteiger partial charge on any atom is 0.207 e. The average molecular weight is 308 g/mol. The molecule has 3 aromatic rings. The van der Waals surface area contributed by atoms with E-state index in [1.807, 2.05) is 0 Å². The Labute approximate surface area is 126 Å². The van der Waals surface area contributed by atoms with Gasteiger partial charge in [0.1, 0.15) is 11.3 Å². The number of nitrogens with two attached hydrogens (primary N) is 1. The number of halogens is 2. The number of imidazole rings is 1. The van der Waals surface area contributed by atoms with Crippen molar-refractivity contribution in [2.24, 2.45) is 7.05 Å². The van der Waals surface area contributed by atoms with Gasteiger partial charge in [0, 0.05) is 12.1 Å². The zero-order valence-electron chi connectivity index (χ0n) is 11.8. The van der Waals surface area contributed by atoms with Crippen LogP contribution >= 0.6 is 11.6 Å². The number of anilines is 1. The fraction of sp³-hybridized carbons (Fsp3) is 0.286. The van der Waals surface area contributed by atoms with Crippen molar-refractivity contribution in [3.8, 4) is 5.69 Å². The second-order valence-corrected chi connectivity index (χ2v) is 5.33. The SMILES string of the molecule is CCCc1nn(C)c2c1nc(N)n2-c1cc(Cl)ccc1F. The number of nitrogen functional groups attached to an aromatic ring is 1. The predicted molar refractivity (Wildman–Crippen MR) is 81.2 cm³/mol. The van der Waals surface area contributed by atoms with E-state index in [4.69, 9.17) is 17.3 Å². The lowest BCUT2D eigenvalue weighted by Gasteiger charge is -2.08. The summed E-state index contributed by atoms with van der Waals surface area (Å²) in [6.07, 6.45) is 1.75. The van der Waals surface area contributed by atoms with E-state index in [1.54, 1.807) is 16.3 Å². The summed E-state index contributed by atoms with van der Waals surface area (Å²) in [6, 6.07) is 4.34. The van der Waals surface area contributed by atoms with Crippen molar-refractivity contribution in [2.75, 3.05) is 5.73 Å². The number of benzene rings is 1. The minimum atomic E-state index is -0.413. The fourth-order valence-corrected chi connectivity index (χ4v) is 2.66. The highest BCUT2D eigenvalue weighted by Crippen LogP contribution is 2.28. The van der Waals surface area contributed by atoms with Gasteiger partial charge in [0.2, 0.25) is 5.95 Å². The van der Waals surface area contributed by atoms with Gasteiger partial charge >= 0.3 is 0 Å². The van der Waals surface area contributed by atoms with Crippen molar-refractivity contribution in [3.05, 3.63) is 34.7 Å². The third kappa shape index (κ3) is 2.15. The van der Waals surface area contributed by atoms with Crippen LogP contribution in [0.15, 0.2) is 18.2 Å². The maximum atomic E-state index is 14.1. The molecule has 2 heterocycles. The van der Waals surface area contributed by atoms with E-state index in [1.165, 1.54) is 18.2 Å². The molecule has 0 saturated carbocycles. The van der Waals surface area contributed by atoms with Gasteiger partial charge in [0.05, 0.1) is 11.4 Å². The van der Waals surface area contributed by atoms with E-state index in [9.17, 15) is 4.39 Å². The standard InChI is InChI=1S/C14H15ClFN5/c1-3-4-10-12-13(20(2)19-10)21(14(17)18-12)11-7-8(15)5-6-9(11)16/h5-7H,3-4H2,1-2H3,(H2,17,18). The zero-order valence-corrected chi connectivity index (χ0v) is 12.5. The molecule has 110 valence electrons. The van der Waals surface area contributed by atoms with Gasteiger partial charge in [0.15, 0.2) is 5.65 Å². The van der Waals surface area contributed by atoms with Gasteiger partial charge in [-0.3, -0.25) is 4.57 Å². The lowest BCUT2D eigenvalue weighted by atomic mass is 10.2. The molecule has 3 rings (SSSR count). The Morgan fingerprint density at radius 2 is 2.14 bits per heavy atom. The van der Waals surface area contributed by atoms with E-state index in [2.05, 4.69) is 17.0 Å². The normalized spacial score (nSPS) is 11.4. The summed E-state index contributed by atoms with van der Waals surface area (Å²) in [6.45, 7) is 2.07. The highest BCUT2D eigenvalue weighted by Gasteiger charge is 2.20. The predicted octanol–water partition coefficient (Wildman–Crippen LogP) is 3.09. The molecule has 21 heavy (non-hydrogen) atoms. The smallest absolute Gasteiger partial charge is 0.207 e. The lowest BCUT2D eigenvalue weighted by Crippen LogP contribution is -2.06. The minimum Gasteiger partial charge on any atom is -0.369 e. The molecular weight excluding hydrogens is 293 g/mol. The Bertz CT molecular complexity index is 820. The van der Waals surface area contributed by atoms with Gasteiger partial charge < -0.3 is 5.73 Å². The second kappa shape index (κ2) is 5.04. The Hall–Kier alpha value is -2.08. The summed E-state index contributed by atoms with van der Waals surface area (Å²) in [5.41, 5.74) is 8.49. The molecule has 0 bridgehead atoms. The first-order valence-electron chi connectivity index (χ1n) is 6.68. The third-order valence-corrected chi connectivity index (χ3v) is 3.60. The molecule has 0 unspecified atom stereocenters. The van der Waals surface area contributed by atoms with Gasteiger partial charge in [-0.05, 0) is 24.6 Å². The van der Waals surface area contributed by atoms with Crippen molar-refractivity contribution >= 4 is 28.7 Å². The van der Waals surface area contributed by atoms with E-state index >= 15 is 0 Å². The Morgan fingerprint density at radius 1 is 1.38 bits per heavy atom. The van der Waals surface area contributed by atoms with E-state index in [0.29, 0.717) is 16.2 Å². The largest absolute Gasteiger partial charge is 0.369 e. The lowest BCUT2D eigenvalue weighted by molar-refractivity contribution is 0.618. The number of fused-ring (bicyclic) bond motifs is 1. The minimum absolute atomic E-state index is 0.219. The summed E-state index contributed by atoms with van der Waals surface area (Å²) in [7, 11) is 1.79. The number of hydrogen-bond donors (Lipinski definition) is 1. The number of aromatic nitrogens is 4. The Morgan fingerprint density at radius 3 is 2.86 bits per heavy atom. The van der Waals surface area contributed by atoms with Gasteiger partial charge in [-0.15, -0.1) is 0 Å². The topological polar surface area (TPSA) is 61.7 Å². The van der Waals surface area contributed by atoms with Crippen LogP contribution in [0.3, 0.4) is 0 Å². The van der Waals surface area contributed by atoms with Crippen LogP contribution in [-0.2, 0) is 13.5 Å². The number of aryl methyl sites for hydroxylation is 2. The first-order chi connectivity index (χ1) is 10.0. The molecule has 0 aliphatic heterocycles. The first kappa shape index (κ1) is 13.9. The molecule has 7 heteroatoms. The molecule has 0 aliphatic carbocycles. The van der Waals surface area contributed by atoms with Crippen molar-refractivity contribution in [1.29, 1.82) is 0 Å². The van der Waals surface area contributed by atoms with Crippen molar-refractivity contribution < 1.29 is 4.39 Å². The molecule has 2 N–H and O–H groups in total. The quantitative estimate of drug-likeness (QED) is 0.809. The fourth-order valence-electron chi connectivity index (χ4n) is 2.50. The van der Waals surface area contributed by atoms with Crippen LogP contribution in [0, 0.1) is 5.82 Å². The van der Waals surface area contributed by atoms with Crippen LogP contribution < -0.4 is 5.73 Å². The first-order valence-corrected chi connectivity index (χ1v) is 7.06. The molecule has 0 spiro atoms. The number of hydrogen-bond acceptors (Lipinski definition) is 3. The summed E-state index contributed by atoms with van der Waals surface area (Å²) >= 11 is 5.97. The van der Waals surface area contributed by atoms with Gasteiger partial charge in [-0.1, -0.05) is 24.9 Å². The molecule has 5 nitrogen and oxygen atoms in total. The molecule has 1 aromatic carbocycles. The maximum absolute atomic E-state index is 14.1. The third-order valence-electron chi connectivity index (χ3n) is 3.37.